The van der Waals surface area contributed by atoms with Crippen LogP contribution in [0.2, 0.25) is 0 Å². The normalized spacial score (nSPS) is 18.9. The molecule has 0 fully saturated rings. The van der Waals surface area contributed by atoms with Gasteiger partial charge in [0.15, 0.2) is 0 Å². The summed E-state index contributed by atoms with van der Waals surface area (Å²) in [5, 5.41) is 9.23. The van der Waals surface area contributed by atoms with Gasteiger partial charge in [-0.3, -0.25) is 9.59 Å². The van der Waals surface area contributed by atoms with Gasteiger partial charge in [0.1, 0.15) is 0 Å². The second-order valence-electron chi connectivity index (χ2n) is 4.04. The predicted molar refractivity (Wildman–Crippen MR) is 59.1 cm³/mol. The Bertz CT molecular complexity index is 453. The van der Waals surface area contributed by atoms with Crippen LogP contribution in [-0.4, -0.2) is 22.6 Å². The van der Waals surface area contributed by atoms with Crippen LogP contribution < -0.4 is 10.9 Å². The largest absolute Gasteiger partial charge is 0.356 e. The minimum absolute atomic E-state index is 0.0175. The molecule has 1 amide bonds. The smallest absolute Gasteiger partial charge is 0.264 e. The van der Waals surface area contributed by atoms with E-state index in [4.69, 9.17) is 0 Å². The highest BCUT2D eigenvalue weighted by molar-refractivity contribution is 5.79. The molecule has 5 heteroatoms. The molecule has 0 aliphatic heterocycles. The monoisotopic (exact) mass is 221 g/mol. The minimum atomic E-state index is -0.199. The number of rotatable bonds is 2. The summed E-state index contributed by atoms with van der Waals surface area (Å²) in [4.78, 5) is 22.8. The van der Waals surface area contributed by atoms with Gasteiger partial charge in [-0.15, -0.1) is 0 Å². The van der Waals surface area contributed by atoms with Crippen LogP contribution in [-0.2, 0) is 17.6 Å². The first-order chi connectivity index (χ1) is 7.70. The van der Waals surface area contributed by atoms with Crippen molar-refractivity contribution >= 4 is 5.91 Å². The summed E-state index contributed by atoms with van der Waals surface area (Å²) in [6.45, 7) is 2.55. The maximum Gasteiger partial charge on any atom is 0.264 e. The molecule has 0 saturated carbocycles. The van der Waals surface area contributed by atoms with Gasteiger partial charge in [-0.25, -0.2) is 5.10 Å². The molecule has 2 N–H and O–H groups in total. The van der Waals surface area contributed by atoms with Crippen molar-refractivity contribution in [1.29, 1.82) is 0 Å². The number of carbonyl (C=O) groups is 1. The first-order valence-corrected chi connectivity index (χ1v) is 5.56. The Morgan fingerprint density at radius 2 is 2.50 bits per heavy atom. The summed E-state index contributed by atoms with van der Waals surface area (Å²) >= 11 is 0. The van der Waals surface area contributed by atoms with E-state index in [1.807, 2.05) is 6.92 Å². The Morgan fingerprint density at radius 1 is 1.69 bits per heavy atom. The van der Waals surface area contributed by atoms with Gasteiger partial charge < -0.3 is 5.32 Å². The van der Waals surface area contributed by atoms with E-state index in [0.29, 0.717) is 13.0 Å². The SMILES string of the molecule is CCNC(=O)[C@H]1CCc2n[nH]c(=O)cc2C1. The summed E-state index contributed by atoms with van der Waals surface area (Å²) in [6, 6.07) is 1.55. The van der Waals surface area contributed by atoms with E-state index in [2.05, 4.69) is 15.5 Å². The van der Waals surface area contributed by atoms with Crippen molar-refractivity contribution in [2.75, 3.05) is 6.54 Å². The van der Waals surface area contributed by atoms with E-state index in [1.165, 1.54) is 0 Å². The van der Waals surface area contributed by atoms with Crippen LogP contribution in [0.3, 0.4) is 0 Å². The fraction of sp³-hybridized carbons (Fsp3) is 0.545. The Hall–Kier alpha value is -1.65. The number of hydrogen-bond acceptors (Lipinski definition) is 3. The lowest BCUT2D eigenvalue weighted by atomic mass is 9.86. The van der Waals surface area contributed by atoms with Crippen molar-refractivity contribution in [3.8, 4) is 0 Å². The molecule has 1 aliphatic carbocycles. The van der Waals surface area contributed by atoms with E-state index >= 15 is 0 Å². The van der Waals surface area contributed by atoms with Crippen LogP contribution in [0.15, 0.2) is 10.9 Å². The fourth-order valence-electron chi connectivity index (χ4n) is 2.08. The molecule has 1 heterocycles. The molecule has 1 aromatic rings. The second kappa shape index (κ2) is 4.47. The number of nitrogens with one attached hydrogen (secondary N) is 2. The summed E-state index contributed by atoms with van der Waals surface area (Å²) in [5.74, 6) is 0.0597. The highest BCUT2D eigenvalue weighted by atomic mass is 16.2. The molecule has 0 saturated heterocycles. The molecule has 5 nitrogen and oxygen atoms in total. The first-order valence-electron chi connectivity index (χ1n) is 5.56. The summed E-state index contributed by atoms with van der Waals surface area (Å²) < 4.78 is 0. The molecule has 0 unspecified atom stereocenters. The molecule has 0 aromatic carbocycles. The number of aromatic nitrogens is 2. The van der Waals surface area contributed by atoms with Crippen LogP contribution >= 0.6 is 0 Å². The molecule has 0 bridgehead atoms. The highest BCUT2D eigenvalue weighted by Crippen LogP contribution is 2.22. The molecular formula is C11H15N3O2. The van der Waals surface area contributed by atoms with Gasteiger partial charge in [0.2, 0.25) is 5.91 Å². The Morgan fingerprint density at radius 3 is 3.25 bits per heavy atom. The van der Waals surface area contributed by atoms with Gasteiger partial charge in [0.25, 0.3) is 5.56 Å². The summed E-state index contributed by atoms with van der Waals surface area (Å²) in [6.07, 6.45) is 2.18. The molecule has 1 atom stereocenters. The van der Waals surface area contributed by atoms with E-state index < -0.39 is 0 Å². The standard InChI is InChI=1S/C11H15N3O2/c1-2-12-11(16)7-3-4-9-8(5-7)6-10(15)14-13-9/h6-7H,2-5H2,1H3,(H,12,16)(H,14,15)/t7-/m0/s1. The van der Waals surface area contributed by atoms with Crippen molar-refractivity contribution in [3.63, 3.8) is 0 Å². The van der Waals surface area contributed by atoms with E-state index in [9.17, 15) is 9.59 Å². The molecule has 1 aromatic heterocycles. The third-order valence-electron chi connectivity index (χ3n) is 2.89. The Balaban J connectivity index is 2.16. The van der Waals surface area contributed by atoms with Crippen LogP contribution in [0.1, 0.15) is 24.6 Å². The summed E-state index contributed by atoms with van der Waals surface area (Å²) in [5.41, 5.74) is 1.63. The predicted octanol–water partition coefficient (Wildman–Crippen LogP) is 0.0109. The number of hydrogen-bond donors (Lipinski definition) is 2. The van der Waals surface area contributed by atoms with Crippen molar-refractivity contribution in [2.24, 2.45) is 5.92 Å². The second-order valence-corrected chi connectivity index (χ2v) is 4.04. The zero-order valence-electron chi connectivity index (χ0n) is 9.25. The zero-order chi connectivity index (χ0) is 11.5. The molecule has 2 rings (SSSR count). The third kappa shape index (κ3) is 2.13. The van der Waals surface area contributed by atoms with Crippen LogP contribution in [0.25, 0.3) is 0 Å². The van der Waals surface area contributed by atoms with Gasteiger partial charge >= 0.3 is 0 Å². The van der Waals surface area contributed by atoms with E-state index in [0.717, 1.165) is 24.1 Å². The number of aryl methyl sites for hydroxylation is 1. The average molecular weight is 221 g/mol. The topological polar surface area (TPSA) is 74.8 Å². The van der Waals surface area contributed by atoms with Crippen molar-refractivity contribution in [2.45, 2.75) is 26.2 Å². The number of fused-ring (bicyclic) bond motifs is 1. The number of amides is 1. The third-order valence-corrected chi connectivity index (χ3v) is 2.89. The average Bonchev–Trinajstić information content (AvgIpc) is 2.28. The Kier molecular flexibility index (Phi) is 3.03. The van der Waals surface area contributed by atoms with Crippen LogP contribution in [0.4, 0.5) is 0 Å². The fourth-order valence-corrected chi connectivity index (χ4v) is 2.08. The van der Waals surface area contributed by atoms with Crippen molar-refractivity contribution in [3.05, 3.63) is 27.7 Å². The first kappa shape index (κ1) is 10.9. The van der Waals surface area contributed by atoms with Crippen LogP contribution in [0.5, 0.6) is 0 Å². The maximum atomic E-state index is 11.7. The van der Waals surface area contributed by atoms with E-state index in [-0.39, 0.29) is 17.4 Å². The maximum absolute atomic E-state index is 11.7. The Labute approximate surface area is 93.3 Å². The number of carbonyl (C=O) groups excluding carboxylic acids is 1. The number of H-pyrrole nitrogens is 1. The summed E-state index contributed by atoms with van der Waals surface area (Å²) in [7, 11) is 0. The van der Waals surface area contributed by atoms with Gasteiger partial charge in [-0.2, -0.15) is 5.10 Å². The van der Waals surface area contributed by atoms with E-state index in [1.54, 1.807) is 6.07 Å². The number of aromatic amines is 1. The quantitative estimate of drug-likeness (QED) is 0.738. The van der Waals surface area contributed by atoms with Gasteiger partial charge in [-0.1, -0.05) is 0 Å². The minimum Gasteiger partial charge on any atom is -0.356 e. The van der Waals surface area contributed by atoms with Gasteiger partial charge in [0.05, 0.1) is 5.69 Å². The van der Waals surface area contributed by atoms with Gasteiger partial charge in [-0.05, 0) is 31.7 Å². The lowest BCUT2D eigenvalue weighted by molar-refractivity contribution is -0.125. The van der Waals surface area contributed by atoms with Gasteiger partial charge in [0, 0.05) is 18.5 Å². The molecule has 16 heavy (non-hydrogen) atoms. The molecule has 86 valence electrons. The lowest BCUT2D eigenvalue weighted by Crippen LogP contribution is -2.34. The highest BCUT2D eigenvalue weighted by Gasteiger charge is 2.25. The van der Waals surface area contributed by atoms with Crippen LogP contribution in [0, 0.1) is 5.92 Å². The lowest BCUT2D eigenvalue weighted by Gasteiger charge is -2.22. The van der Waals surface area contributed by atoms with Crippen molar-refractivity contribution < 1.29 is 4.79 Å². The molecule has 0 radical (unpaired) electrons. The molecule has 1 aliphatic rings. The molecular weight excluding hydrogens is 206 g/mol. The number of nitrogens with zero attached hydrogens (tertiary/aromatic N) is 1. The van der Waals surface area contributed by atoms with Crippen molar-refractivity contribution in [1.82, 2.24) is 15.5 Å². The molecule has 0 spiro atoms. The zero-order valence-corrected chi connectivity index (χ0v) is 9.25.